The fourth-order valence-corrected chi connectivity index (χ4v) is 5.49. The van der Waals surface area contributed by atoms with Crippen molar-refractivity contribution >= 4 is 23.4 Å². The molecule has 1 saturated heterocycles. The monoisotopic (exact) mass is 705 g/mol. The summed E-state index contributed by atoms with van der Waals surface area (Å²) in [5.41, 5.74) is 1.39. The Morgan fingerprint density at radius 3 is 2.66 bits per heavy atom. The summed E-state index contributed by atoms with van der Waals surface area (Å²) < 4.78 is 14.3. The summed E-state index contributed by atoms with van der Waals surface area (Å²) in [7, 11) is 0. The van der Waals surface area contributed by atoms with Crippen molar-refractivity contribution in [1.29, 1.82) is 0 Å². The number of nitrogens with zero attached hydrogens (tertiary/aromatic N) is 2. The van der Waals surface area contributed by atoms with E-state index in [1.54, 1.807) is 22.4 Å². The molecule has 0 radical (unpaired) electrons. The van der Waals surface area contributed by atoms with Gasteiger partial charge in [-0.15, -0.1) is 6.42 Å². The number of benzene rings is 2. The maximum Gasteiger partial charge on any atom is 0.254 e. The molecular weight excluding hydrogens is 680 g/mol. The van der Waals surface area contributed by atoms with Gasteiger partial charge in [0.15, 0.2) is 0 Å². The Kier molecular flexibility index (Phi) is 5.62. The number of hydrogen-bond donors (Lipinski definition) is 1. The average Bonchev–Trinajstić information content (AvgIpc) is 3.35. The Morgan fingerprint density at radius 2 is 1.91 bits per heavy atom. The first kappa shape index (κ1) is 23.9. The number of anilines is 1. The Bertz CT molecular complexity index is 1190. The zero-order chi connectivity index (χ0) is 24.3. The quantitative estimate of drug-likeness (QED) is 0.492. The van der Waals surface area contributed by atoms with Gasteiger partial charge < -0.3 is 15.1 Å². The van der Waals surface area contributed by atoms with Crippen LogP contribution in [-0.2, 0) is 21.4 Å². The Hall–Kier alpha value is -4.22. The van der Waals surface area contributed by atoms with Crippen LogP contribution < -0.4 is 5.32 Å². The molecule has 3 amide bonds. The van der Waals surface area contributed by atoms with Gasteiger partial charge in [-0.05, 0) is 42.0 Å². The van der Waals surface area contributed by atoms with Gasteiger partial charge in [0.25, 0.3) is 5.91 Å². The number of nitrogens with one attached hydrogen (secondary N) is 1. The molecule has 3 aliphatic rings. The van der Waals surface area contributed by atoms with Gasteiger partial charge in [-0.3, -0.25) is 14.4 Å². The number of halogens is 1. The molecule has 2 aromatic carbocycles. The summed E-state index contributed by atoms with van der Waals surface area (Å²) in [4.78, 5) is 43.5. The zero-order valence-corrected chi connectivity index (χ0v) is 23.0. The maximum atomic E-state index is 14.3. The first-order valence-electron chi connectivity index (χ1n) is 11.7. The van der Waals surface area contributed by atoms with Crippen molar-refractivity contribution < 1.29 is 18.8 Å². The molecule has 1 N–H and O–H groups in total. The molecule has 2 aromatic rings. The molecule has 0 bridgehead atoms. The van der Waals surface area contributed by atoms with Crippen molar-refractivity contribution in [2.75, 3.05) is 18.4 Å². The number of fused-ring (bicyclic) bond motifs is 3. The number of rotatable bonds is 3. The standard InChI is InChI=1S/C27H29FN3O3.Cm/c1-26(2,3)15-22(31-13-11-17-18(23(31)32)7-6-9-20(17)28)24(33)30-14-12-27(16-30)19-8-4-5-10-21(19)29-25(27)34;/h4-10,14,22H,11-13,15-16H2,1-3H3,(H,29,34);/q-1;/t22?,27-;/m0./s1. The van der Waals surface area contributed by atoms with Gasteiger partial charge in [0, 0.05) is 29.9 Å². The summed E-state index contributed by atoms with van der Waals surface area (Å²) in [6, 6.07) is 11.4. The van der Waals surface area contributed by atoms with E-state index < -0.39 is 11.5 Å². The van der Waals surface area contributed by atoms with E-state index in [9.17, 15) is 18.8 Å². The summed E-state index contributed by atoms with van der Waals surface area (Å²) in [5, 5.41) is 2.95. The van der Waals surface area contributed by atoms with Crippen LogP contribution in [0.4, 0.5) is 10.1 Å². The van der Waals surface area contributed by atoms with Gasteiger partial charge in [-0.1, -0.05) is 45.0 Å². The Balaban J connectivity index is 0.00000289. The molecule has 3 heterocycles. The van der Waals surface area contributed by atoms with Crippen molar-refractivity contribution in [2.45, 2.75) is 51.5 Å². The summed E-state index contributed by atoms with van der Waals surface area (Å²) in [6.07, 6.45) is 1.25. The van der Waals surface area contributed by atoms with Crippen LogP contribution >= 0.6 is 0 Å². The maximum absolute atomic E-state index is 14.3. The minimum Gasteiger partial charge on any atom is -0.490 e. The number of para-hydroxylation sites is 1. The van der Waals surface area contributed by atoms with Gasteiger partial charge in [0.1, 0.15) is 11.9 Å². The van der Waals surface area contributed by atoms with Crippen molar-refractivity contribution in [3.05, 3.63) is 71.5 Å². The fourth-order valence-electron chi connectivity index (χ4n) is 5.49. The van der Waals surface area contributed by atoms with Gasteiger partial charge in [0.05, 0.1) is 5.41 Å². The predicted octanol–water partition coefficient (Wildman–Crippen LogP) is 3.91. The van der Waals surface area contributed by atoms with Gasteiger partial charge in [-0.25, -0.2) is 10.9 Å². The Labute approximate surface area is 199 Å². The van der Waals surface area contributed by atoms with Gasteiger partial charge in [0.2, 0.25) is 11.8 Å². The number of amides is 3. The van der Waals surface area contributed by atoms with Crippen LogP contribution in [0.15, 0.2) is 42.5 Å². The van der Waals surface area contributed by atoms with Crippen LogP contribution in [0.3, 0.4) is 0 Å². The van der Waals surface area contributed by atoms with Gasteiger partial charge in [-0.2, -0.15) is 0 Å². The van der Waals surface area contributed by atoms with E-state index in [0.29, 0.717) is 30.4 Å². The smallest absolute Gasteiger partial charge is 0.254 e. The molecule has 0 aromatic heterocycles. The van der Waals surface area contributed by atoms with Crippen LogP contribution in [0.1, 0.15) is 55.1 Å². The van der Waals surface area contributed by atoms with E-state index in [4.69, 9.17) is 0 Å². The number of likely N-dealkylation sites (tertiary alicyclic amines) is 1. The van der Waals surface area contributed by atoms with Crippen LogP contribution in [0, 0.1) is 17.8 Å². The fraction of sp³-hybridized carbons (Fsp3) is 0.407. The third-order valence-electron chi connectivity index (χ3n) is 7.19. The van der Waals surface area contributed by atoms with E-state index in [2.05, 4.69) is 5.32 Å². The van der Waals surface area contributed by atoms with E-state index in [0.717, 1.165) is 11.3 Å². The molecule has 0 aliphatic carbocycles. The molecule has 6 nitrogen and oxygen atoms in total. The first-order valence-corrected chi connectivity index (χ1v) is 11.7. The SMILES string of the molecule is CC(C)(C)CC(C(=O)N1[CH-]C[C@@]2(C1)C(=O)Nc1ccccc12)N1CCc2c(F)cccc2C1=O.[Cm]. The first-order chi connectivity index (χ1) is 16.1. The second kappa shape index (κ2) is 8.22. The molecule has 3 aliphatic heterocycles. The molecule has 1 spiro atoms. The molecule has 1 unspecified atom stereocenters. The number of carbonyl (C=O) groups is 3. The minimum atomic E-state index is -0.805. The van der Waals surface area contributed by atoms with E-state index in [-0.39, 0.29) is 42.0 Å². The molecular formula is C27H29CmFN3O3-. The third-order valence-corrected chi connectivity index (χ3v) is 7.19. The average molecular weight is 710 g/mol. The zero-order valence-electron chi connectivity index (χ0n) is 20.1. The van der Waals surface area contributed by atoms with Crippen LogP contribution in [0.2, 0.25) is 0 Å². The van der Waals surface area contributed by atoms with Crippen LogP contribution in [0.5, 0.6) is 0 Å². The molecule has 2 atom stereocenters. The van der Waals surface area contributed by atoms with Crippen molar-refractivity contribution in [3.8, 4) is 0 Å². The molecule has 0 saturated carbocycles. The van der Waals surface area contributed by atoms with Crippen molar-refractivity contribution in [1.82, 2.24) is 9.80 Å². The molecule has 1 fully saturated rings. The summed E-state index contributed by atoms with van der Waals surface area (Å²) in [5.74, 6) is -1.01. The van der Waals surface area contributed by atoms with E-state index in [1.165, 1.54) is 12.1 Å². The predicted molar refractivity (Wildman–Crippen MR) is 126 cm³/mol. The van der Waals surface area contributed by atoms with E-state index >= 15 is 0 Å². The molecule has 35 heavy (non-hydrogen) atoms. The normalized spacial score (nSPS) is 21.9. The number of carbonyl (C=O) groups excluding carboxylic acids is 3. The van der Waals surface area contributed by atoms with Crippen LogP contribution in [0.25, 0.3) is 0 Å². The largest absolute Gasteiger partial charge is 0.490 e. The molecule has 5 rings (SSSR count). The van der Waals surface area contributed by atoms with Crippen LogP contribution in [-0.4, -0.2) is 46.7 Å². The van der Waals surface area contributed by atoms with Crippen molar-refractivity contribution in [2.24, 2.45) is 5.41 Å². The van der Waals surface area contributed by atoms with Crippen molar-refractivity contribution in [3.63, 3.8) is 0 Å². The third kappa shape index (κ3) is 3.80. The molecule has 186 valence electrons. The Morgan fingerprint density at radius 1 is 1.17 bits per heavy atom. The van der Waals surface area contributed by atoms with Gasteiger partial charge >= 0.3 is 0 Å². The topological polar surface area (TPSA) is 69.7 Å². The second-order valence-corrected chi connectivity index (χ2v) is 10.7. The summed E-state index contributed by atoms with van der Waals surface area (Å²) in [6.45, 7) is 8.41. The molecule has 8 heteroatoms. The minimum absolute atomic E-state index is 0. The summed E-state index contributed by atoms with van der Waals surface area (Å²) >= 11 is 0. The number of hydrogen-bond acceptors (Lipinski definition) is 3. The van der Waals surface area contributed by atoms with E-state index in [1.807, 2.05) is 45.0 Å². The second-order valence-electron chi connectivity index (χ2n) is 10.7.